The average Bonchev–Trinajstić information content (AvgIpc) is 3.26. The molecule has 1 amide bonds. The second-order valence-corrected chi connectivity index (χ2v) is 7.66. The zero-order valence-electron chi connectivity index (χ0n) is 15.9. The highest BCUT2D eigenvalue weighted by atomic mass is 16.5. The summed E-state index contributed by atoms with van der Waals surface area (Å²) < 4.78 is 7.94. The molecule has 3 N–H and O–H groups in total. The molecule has 1 aliphatic heterocycles. The quantitative estimate of drug-likeness (QED) is 0.615. The van der Waals surface area contributed by atoms with Gasteiger partial charge in [0.2, 0.25) is 0 Å². The lowest BCUT2D eigenvalue weighted by Crippen LogP contribution is -2.36. The maximum absolute atomic E-state index is 12.3. The molecule has 2 aromatic heterocycles. The number of aromatic nitrogens is 3. The summed E-state index contributed by atoms with van der Waals surface area (Å²) in [4.78, 5) is 20.9. The molecule has 1 aromatic carbocycles. The first-order chi connectivity index (χ1) is 14.0. The van der Waals surface area contributed by atoms with Gasteiger partial charge in [0.15, 0.2) is 0 Å². The zero-order chi connectivity index (χ0) is 20.1. The largest absolute Gasteiger partial charge is 0.487 e. The van der Waals surface area contributed by atoms with Crippen molar-refractivity contribution in [1.29, 1.82) is 0 Å². The van der Waals surface area contributed by atoms with Gasteiger partial charge in [-0.3, -0.25) is 4.79 Å². The molecule has 0 bridgehead atoms. The summed E-state index contributed by atoms with van der Waals surface area (Å²) in [5, 5.41) is 25.1. The highest BCUT2D eigenvalue weighted by molar-refractivity contribution is 5.99. The maximum Gasteiger partial charge on any atom is 0.255 e. The molecule has 3 aromatic rings. The van der Waals surface area contributed by atoms with Gasteiger partial charge in [-0.25, -0.2) is 9.97 Å². The molecule has 8 nitrogen and oxygen atoms in total. The number of aliphatic hydroxyl groups is 2. The van der Waals surface area contributed by atoms with E-state index in [1.807, 2.05) is 35.9 Å². The molecule has 0 radical (unpaired) electrons. The van der Waals surface area contributed by atoms with Crippen molar-refractivity contribution in [3.05, 3.63) is 53.6 Å². The Morgan fingerprint density at radius 3 is 2.93 bits per heavy atom. The fourth-order valence-electron chi connectivity index (χ4n) is 4.43. The van der Waals surface area contributed by atoms with Gasteiger partial charge < -0.3 is 24.8 Å². The van der Waals surface area contributed by atoms with E-state index in [4.69, 9.17) is 4.74 Å². The van der Waals surface area contributed by atoms with E-state index in [0.29, 0.717) is 29.9 Å². The van der Waals surface area contributed by atoms with Crippen LogP contribution in [0.4, 0.5) is 0 Å². The molecule has 0 unspecified atom stereocenters. The van der Waals surface area contributed by atoms with Gasteiger partial charge in [-0.15, -0.1) is 0 Å². The predicted octanol–water partition coefficient (Wildman–Crippen LogP) is 1.14. The van der Waals surface area contributed by atoms with Crippen LogP contribution in [0.25, 0.3) is 11.0 Å². The van der Waals surface area contributed by atoms with E-state index in [2.05, 4.69) is 15.3 Å². The number of fused-ring (bicyclic) bond motifs is 2. The van der Waals surface area contributed by atoms with Crippen molar-refractivity contribution in [3.8, 4) is 5.75 Å². The number of carbonyl (C=O) groups is 1. The van der Waals surface area contributed by atoms with Crippen LogP contribution in [0.3, 0.4) is 0 Å². The van der Waals surface area contributed by atoms with Gasteiger partial charge >= 0.3 is 0 Å². The van der Waals surface area contributed by atoms with Crippen LogP contribution in [0.1, 0.15) is 34.1 Å². The van der Waals surface area contributed by atoms with Gasteiger partial charge in [-0.2, -0.15) is 0 Å². The van der Waals surface area contributed by atoms with Crippen LogP contribution in [0.5, 0.6) is 5.75 Å². The molecule has 1 aliphatic carbocycles. The Balaban J connectivity index is 1.45. The van der Waals surface area contributed by atoms with E-state index in [-0.39, 0.29) is 5.91 Å². The fraction of sp³-hybridized carbons (Fsp3) is 0.381. The summed E-state index contributed by atoms with van der Waals surface area (Å²) in [7, 11) is 0. The Hall–Kier alpha value is -2.97. The standard InChI is InChI=1S/C21H22N4O4/c1-11-13-6-8-25(20(13)24-10-23-11)14-9-16(19(27)18(14)26)29-15-4-2-3-12-5-7-22-21(28)17(12)15/h2-4,6,8,10,14,16,18-19,26-27H,5,7,9H2,1H3,(H,22,28)/t14-,16-,18-,19+/m0/s1. The van der Waals surface area contributed by atoms with Gasteiger partial charge in [-0.05, 0) is 31.0 Å². The number of hydrogen-bond donors (Lipinski definition) is 3. The summed E-state index contributed by atoms with van der Waals surface area (Å²) in [6, 6.07) is 7.02. The first-order valence-electron chi connectivity index (χ1n) is 9.75. The number of amides is 1. The first kappa shape index (κ1) is 18.1. The van der Waals surface area contributed by atoms with Gasteiger partial charge in [0.25, 0.3) is 5.91 Å². The second-order valence-electron chi connectivity index (χ2n) is 7.66. The second kappa shape index (κ2) is 6.82. The van der Waals surface area contributed by atoms with Gasteiger partial charge in [-0.1, -0.05) is 12.1 Å². The van der Waals surface area contributed by atoms with Crippen molar-refractivity contribution in [2.24, 2.45) is 0 Å². The molecular formula is C21H22N4O4. The van der Waals surface area contributed by atoms with E-state index in [1.165, 1.54) is 6.33 Å². The number of ether oxygens (including phenoxy) is 1. The number of rotatable bonds is 3. The number of nitrogens with zero attached hydrogens (tertiary/aromatic N) is 3. The van der Waals surface area contributed by atoms with E-state index >= 15 is 0 Å². The molecule has 3 heterocycles. The summed E-state index contributed by atoms with van der Waals surface area (Å²) in [6.07, 6.45) is 1.74. The molecule has 1 saturated carbocycles. The summed E-state index contributed by atoms with van der Waals surface area (Å²) in [5.41, 5.74) is 3.01. The van der Waals surface area contributed by atoms with Crippen LogP contribution in [-0.2, 0) is 6.42 Å². The third-order valence-electron chi connectivity index (χ3n) is 5.96. The number of hydrogen-bond acceptors (Lipinski definition) is 6. The maximum atomic E-state index is 12.3. The lowest BCUT2D eigenvalue weighted by atomic mass is 9.99. The molecule has 4 atom stereocenters. The van der Waals surface area contributed by atoms with Crippen LogP contribution in [-0.4, -0.2) is 55.5 Å². The van der Waals surface area contributed by atoms with Crippen molar-refractivity contribution in [2.75, 3.05) is 6.54 Å². The van der Waals surface area contributed by atoms with Gasteiger partial charge in [0.1, 0.15) is 36.0 Å². The Morgan fingerprint density at radius 2 is 2.07 bits per heavy atom. The molecule has 0 spiro atoms. The molecule has 0 saturated heterocycles. The SMILES string of the molecule is Cc1ncnc2c1ccn2[C@H]1C[C@H](Oc2cccc3c2C(=O)NCC3)[C@@H](O)[C@H]1O. The van der Waals surface area contributed by atoms with E-state index < -0.39 is 24.4 Å². The third-order valence-corrected chi connectivity index (χ3v) is 5.96. The van der Waals surface area contributed by atoms with E-state index in [1.54, 1.807) is 6.07 Å². The van der Waals surface area contributed by atoms with E-state index in [9.17, 15) is 15.0 Å². The van der Waals surface area contributed by atoms with Crippen molar-refractivity contribution < 1.29 is 19.7 Å². The minimum atomic E-state index is -1.08. The Kier molecular flexibility index (Phi) is 4.25. The molecule has 150 valence electrons. The zero-order valence-corrected chi connectivity index (χ0v) is 15.9. The lowest BCUT2D eigenvalue weighted by Gasteiger charge is -2.23. The van der Waals surface area contributed by atoms with Crippen LogP contribution >= 0.6 is 0 Å². The number of aryl methyl sites for hydroxylation is 1. The van der Waals surface area contributed by atoms with Crippen molar-refractivity contribution >= 4 is 16.9 Å². The van der Waals surface area contributed by atoms with Crippen LogP contribution in [0, 0.1) is 6.92 Å². The van der Waals surface area contributed by atoms with Crippen molar-refractivity contribution in [2.45, 2.75) is 44.1 Å². The third kappa shape index (κ3) is 2.87. The number of nitrogens with one attached hydrogen (secondary N) is 1. The number of benzene rings is 1. The highest BCUT2D eigenvalue weighted by Crippen LogP contribution is 2.37. The number of aliphatic hydroxyl groups excluding tert-OH is 2. The van der Waals surface area contributed by atoms with Crippen molar-refractivity contribution in [1.82, 2.24) is 19.9 Å². The topological polar surface area (TPSA) is 110 Å². The van der Waals surface area contributed by atoms with E-state index in [0.717, 1.165) is 23.1 Å². The van der Waals surface area contributed by atoms with Crippen molar-refractivity contribution in [3.63, 3.8) is 0 Å². The normalized spacial score (nSPS) is 26.4. The van der Waals surface area contributed by atoms with Crippen LogP contribution < -0.4 is 10.1 Å². The molecule has 29 heavy (non-hydrogen) atoms. The highest BCUT2D eigenvalue weighted by Gasteiger charge is 2.44. The Bertz CT molecular complexity index is 1100. The monoisotopic (exact) mass is 394 g/mol. The fourth-order valence-corrected chi connectivity index (χ4v) is 4.43. The summed E-state index contributed by atoms with van der Waals surface area (Å²) >= 11 is 0. The van der Waals surface area contributed by atoms with Crippen LogP contribution in [0.2, 0.25) is 0 Å². The average molecular weight is 394 g/mol. The lowest BCUT2D eigenvalue weighted by molar-refractivity contribution is -0.0165. The minimum Gasteiger partial charge on any atom is -0.487 e. The van der Waals surface area contributed by atoms with Gasteiger partial charge in [0.05, 0.1) is 17.3 Å². The first-order valence-corrected chi connectivity index (χ1v) is 9.75. The molecule has 5 rings (SSSR count). The molecule has 8 heteroatoms. The Labute approximate surface area is 167 Å². The summed E-state index contributed by atoms with van der Waals surface area (Å²) in [6.45, 7) is 2.51. The minimum absolute atomic E-state index is 0.171. The van der Waals surface area contributed by atoms with Crippen LogP contribution in [0.15, 0.2) is 36.8 Å². The molecule has 2 aliphatic rings. The Morgan fingerprint density at radius 1 is 1.21 bits per heavy atom. The van der Waals surface area contributed by atoms with Gasteiger partial charge in [0, 0.05) is 24.5 Å². The smallest absolute Gasteiger partial charge is 0.255 e. The summed E-state index contributed by atoms with van der Waals surface area (Å²) in [5.74, 6) is 0.266. The number of carbonyl (C=O) groups excluding carboxylic acids is 1. The molecule has 1 fully saturated rings. The molecular weight excluding hydrogens is 372 g/mol. The predicted molar refractivity (Wildman–Crippen MR) is 105 cm³/mol.